The van der Waals surface area contributed by atoms with Gasteiger partial charge in [0.15, 0.2) is 0 Å². The average Bonchev–Trinajstić information content (AvgIpc) is 3.59. The summed E-state index contributed by atoms with van der Waals surface area (Å²) >= 11 is 0. The molecule has 1 amide bonds. The number of amides is 1. The molecule has 154 valence electrons. The summed E-state index contributed by atoms with van der Waals surface area (Å²) in [5.74, 6) is 1.21. The fourth-order valence-corrected chi connectivity index (χ4v) is 3.79. The van der Waals surface area contributed by atoms with Crippen molar-refractivity contribution >= 4 is 17.3 Å². The number of hydrogen-bond donors (Lipinski definition) is 1. The van der Waals surface area contributed by atoms with Crippen molar-refractivity contribution in [3.8, 4) is 11.1 Å². The van der Waals surface area contributed by atoms with Crippen molar-refractivity contribution < 1.29 is 13.6 Å². The van der Waals surface area contributed by atoms with Crippen molar-refractivity contribution in [1.82, 2.24) is 5.01 Å². The second kappa shape index (κ2) is 8.36. The number of furan rings is 2. The van der Waals surface area contributed by atoms with Gasteiger partial charge in [-0.2, -0.15) is 5.10 Å². The minimum Gasteiger partial charge on any atom is -0.467 e. The molecule has 1 aliphatic heterocycles. The summed E-state index contributed by atoms with van der Waals surface area (Å²) in [6, 6.07) is 25.1. The average molecular weight is 411 g/mol. The van der Waals surface area contributed by atoms with Crippen LogP contribution < -0.4 is 5.32 Å². The molecule has 0 spiro atoms. The number of nitrogens with zero attached hydrogens (tertiary/aromatic N) is 2. The van der Waals surface area contributed by atoms with Crippen molar-refractivity contribution in [2.45, 2.75) is 12.5 Å². The molecule has 4 aromatic rings. The van der Waals surface area contributed by atoms with Crippen LogP contribution in [0, 0.1) is 0 Å². The van der Waals surface area contributed by atoms with E-state index in [1.54, 1.807) is 12.5 Å². The first-order valence-corrected chi connectivity index (χ1v) is 10.1. The van der Waals surface area contributed by atoms with Crippen molar-refractivity contribution in [3.05, 3.63) is 103 Å². The minimum absolute atomic E-state index is 0.107. The molecule has 0 aliphatic carbocycles. The Morgan fingerprint density at radius 2 is 1.71 bits per heavy atom. The predicted octanol–water partition coefficient (Wildman–Crippen LogP) is 5.33. The maximum absolute atomic E-state index is 13.2. The highest BCUT2D eigenvalue weighted by Gasteiger charge is 2.35. The van der Waals surface area contributed by atoms with E-state index in [4.69, 9.17) is 8.83 Å². The molecule has 0 fully saturated rings. The Bertz CT molecular complexity index is 1180. The zero-order chi connectivity index (χ0) is 21.0. The number of para-hydroxylation sites is 1. The Labute approximate surface area is 179 Å². The van der Waals surface area contributed by atoms with Crippen molar-refractivity contribution in [2.24, 2.45) is 5.10 Å². The van der Waals surface area contributed by atoms with Crippen LogP contribution >= 0.6 is 0 Å². The minimum atomic E-state index is -0.297. The van der Waals surface area contributed by atoms with Gasteiger partial charge in [0.2, 0.25) is 0 Å². The maximum Gasteiger partial charge on any atom is 0.262 e. The van der Waals surface area contributed by atoms with E-state index in [0.29, 0.717) is 17.9 Å². The van der Waals surface area contributed by atoms with Gasteiger partial charge in [-0.15, -0.1) is 0 Å². The smallest absolute Gasteiger partial charge is 0.262 e. The van der Waals surface area contributed by atoms with E-state index in [9.17, 15) is 4.79 Å². The second-order valence-electron chi connectivity index (χ2n) is 7.26. The van der Waals surface area contributed by atoms with Crippen LogP contribution in [0.5, 0.6) is 0 Å². The first kappa shape index (κ1) is 18.9. The van der Waals surface area contributed by atoms with Gasteiger partial charge in [-0.1, -0.05) is 48.5 Å². The SMILES string of the molecule is O=C(CNc1ccccc1-c1ccccc1)N1N=C(c2ccco2)CC1c1ccco1. The molecule has 1 N–H and O–H groups in total. The second-order valence-corrected chi connectivity index (χ2v) is 7.26. The molecule has 5 rings (SSSR count). The number of benzene rings is 2. The topological polar surface area (TPSA) is 71.0 Å². The zero-order valence-electron chi connectivity index (χ0n) is 16.8. The van der Waals surface area contributed by atoms with Crippen LogP contribution in [0.1, 0.15) is 24.0 Å². The van der Waals surface area contributed by atoms with Gasteiger partial charge in [0.25, 0.3) is 5.91 Å². The lowest BCUT2D eigenvalue weighted by atomic mass is 10.0. The van der Waals surface area contributed by atoms with Crippen molar-refractivity contribution in [2.75, 3.05) is 11.9 Å². The summed E-state index contributed by atoms with van der Waals surface area (Å²) in [7, 11) is 0. The zero-order valence-corrected chi connectivity index (χ0v) is 16.8. The molecule has 1 atom stereocenters. The number of carbonyl (C=O) groups excluding carboxylic acids is 1. The summed E-state index contributed by atoms with van der Waals surface area (Å²) in [6.45, 7) is 0.107. The Kier molecular flexibility index (Phi) is 5.10. The number of carbonyl (C=O) groups is 1. The molecule has 3 heterocycles. The Hall–Kier alpha value is -4.06. The molecular formula is C25H21N3O3. The Morgan fingerprint density at radius 1 is 0.935 bits per heavy atom. The molecule has 0 radical (unpaired) electrons. The van der Waals surface area contributed by atoms with Crippen LogP contribution in [0.25, 0.3) is 11.1 Å². The van der Waals surface area contributed by atoms with Gasteiger partial charge >= 0.3 is 0 Å². The van der Waals surface area contributed by atoms with Crippen molar-refractivity contribution in [1.29, 1.82) is 0 Å². The van der Waals surface area contributed by atoms with Gasteiger partial charge < -0.3 is 14.2 Å². The summed E-state index contributed by atoms with van der Waals surface area (Å²) in [6.07, 6.45) is 3.75. The number of nitrogens with one attached hydrogen (secondary N) is 1. The predicted molar refractivity (Wildman–Crippen MR) is 119 cm³/mol. The van der Waals surface area contributed by atoms with E-state index in [1.165, 1.54) is 5.01 Å². The number of hydrazone groups is 1. The fraction of sp³-hybridized carbons (Fsp3) is 0.120. The highest BCUT2D eigenvalue weighted by atomic mass is 16.3. The monoisotopic (exact) mass is 411 g/mol. The van der Waals surface area contributed by atoms with Gasteiger partial charge in [0.05, 0.1) is 19.1 Å². The summed E-state index contributed by atoms with van der Waals surface area (Å²) < 4.78 is 11.1. The molecule has 0 bridgehead atoms. The summed E-state index contributed by atoms with van der Waals surface area (Å²) in [4.78, 5) is 13.2. The third kappa shape index (κ3) is 3.88. The molecular weight excluding hydrogens is 390 g/mol. The van der Waals surface area contributed by atoms with E-state index < -0.39 is 0 Å². The van der Waals surface area contributed by atoms with Crippen LogP contribution in [-0.4, -0.2) is 23.2 Å². The van der Waals surface area contributed by atoms with Crippen LogP contribution in [0.4, 0.5) is 5.69 Å². The van der Waals surface area contributed by atoms with E-state index in [2.05, 4.69) is 22.6 Å². The van der Waals surface area contributed by atoms with Gasteiger partial charge in [0, 0.05) is 17.7 Å². The van der Waals surface area contributed by atoms with Crippen LogP contribution in [0.3, 0.4) is 0 Å². The maximum atomic E-state index is 13.2. The van der Waals surface area contributed by atoms with E-state index in [-0.39, 0.29) is 18.5 Å². The third-order valence-electron chi connectivity index (χ3n) is 5.29. The molecule has 0 saturated carbocycles. The molecule has 6 heteroatoms. The standard InChI is InChI=1S/C25H21N3O3/c29-25(17-26-20-11-5-4-10-19(20)18-8-2-1-3-9-18)28-22(24-13-7-15-31-24)16-21(27-28)23-12-6-14-30-23/h1-15,22,26H,16-17H2. The van der Waals surface area contributed by atoms with Crippen molar-refractivity contribution in [3.63, 3.8) is 0 Å². The van der Waals surface area contributed by atoms with Crippen LogP contribution in [0.15, 0.2) is 105 Å². The molecule has 0 saturated heterocycles. The number of anilines is 1. The molecule has 31 heavy (non-hydrogen) atoms. The molecule has 2 aromatic heterocycles. The fourth-order valence-electron chi connectivity index (χ4n) is 3.79. The first-order chi connectivity index (χ1) is 15.3. The van der Waals surface area contributed by atoms with E-state index in [1.807, 2.05) is 66.7 Å². The lowest BCUT2D eigenvalue weighted by Gasteiger charge is -2.21. The number of hydrogen-bond acceptors (Lipinski definition) is 5. The lowest BCUT2D eigenvalue weighted by Crippen LogP contribution is -2.32. The van der Waals surface area contributed by atoms with E-state index in [0.717, 1.165) is 22.5 Å². The quantitative estimate of drug-likeness (QED) is 0.466. The van der Waals surface area contributed by atoms with Gasteiger partial charge in [-0.3, -0.25) is 4.79 Å². The first-order valence-electron chi connectivity index (χ1n) is 10.1. The van der Waals surface area contributed by atoms with Crippen LogP contribution in [-0.2, 0) is 4.79 Å². The number of rotatable bonds is 6. The third-order valence-corrected chi connectivity index (χ3v) is 5.29. The molecule has 6 nitrogen and oxygen atoms in total. The Morgan fingerprint density at radius 3 is 2.48 bits per heavy atom. The molecule has 2 aromatic carbocycles. The highest BCUT2D eigenvalue weighted by molar-refractivity contribution is 6.01. The lowest BCUT2D eigenvalue weighted by molar-refractivity contribution is -0.131. The molecule has 1 aliphatic rings. The van der Waals surface area contributed by atoms with E-state index >= 15 is 0 Å². The summed E-state index contributed by atoms with van der Waals surface area (Å²) in [5.41, 5.74) is 3.75. The van der Waals surface area contributed by atoms with Gasteiger partial charge in [-0.05, 0) is 35.9 Å². The summed E-state index contributed by atoms with van der Waals surface area (Å²) in [5, 5.41) is 9.35. The normalized spacial score (nSPS) is 15.7. The largest absolute Gasteiger partial charge is 0.467 e. The Balaban J connectivity index is 1.37. The van der Waals surface area contributed by atoms with Crippen LogP contribution in [0.2, 0.25) is 0 Å². The molecule has 1 unspecified atom stereocenters. The van der Waals surface area contributed by atoms with Gasteiger partial charge in [0.1, 0.15) is 23.3 Å². The van der Waals surface area contributed by atoms with Gasteiger partial charge in [-0.25, -0.2) is 5.01 Å². The highest BCUT2D eigenvalue weighted by Crippen LogP contribution is 2.33.